The minimum atomic E-state index is -0.0347. The van der Waals surface area contributed by atoms with Crippen LogP contribution in [0, 0.1) is 0 Å². The van der Waals surface area contributed by atoms with Gasteiger partial charge < -0.3 is 5.32 Å². The smallest absolute Gasteiger partial charge is 0.220 e. The van der Waals surface area contributed by atoms with E-state index in [9.17, 15) is 4.79 Å². The Labute approximate surface area is 157 Å². The van der Waals surface area contributed by atoms with E-state index in [1.54, 1.807) is 11.0 Å². The van der Waals surface area contributed by atoms with Gasteiger partial charge in [-0.25, -0.2) is 4.68 Å². The van der Waals surface area contributed by atoms with Gasteiger partial charge in [0.25, 0.3) is 0 Å². The maximum Gasteiger partial charge on any atom is 0.220 e. The molecule has 1 heterocycles. The van der Waals surface area contributed by atoms with Crippen LogP contribution >= 0.6 is 11.6 Å². The highest BCUT2D eigenvalue weighted by Crippen LogP contribution is 2.23. The van der Waals surface area contributed by atoms with Crippen LogP contribution in [0.15, 0.2) is 60.9 Å². The SMILES string of the molecule is O=C(C[C@H](Cn1cnnn1)c1ccc(Cl)cc1)NCCc1ccccc1. The number of benzene rings is 2. The van der Waals surface area contributed by atoms with Crippen molar-refractivity contribution in [1.82, 2.24) is 25.5 Å². The molecule has 0 radical (unpaired) electrons. The number of aromatic nitrogens is 4. The molecule has 1 aromatic heterocycles. The molecule has 6 nitrogen and oxygen atoms in total. The Kier molecular flexibility index (Phi) is 6.33. The Morgan fingerprint density at radius 3 is 2.58 bits per heavy atom. The Bertz CT molecular complexity index is 806. The van der Waals surface area contributed by atoms with Crippen molar-refractivity contribution in [3.63, 3.8) is 0 Å². The second-order valence-corrected chi connectivity index (χ2v) is 6.51. The number of rotatable bonds is 8. The summed E-state index contributed by atoms with van der Waals surface area (Å²) in [4.78, 5) is 12.4. The van der Waals surface area contributed by atoms with Gasteiger partial charge in [-0.05, 0) is 40.1 Å². The third kappa shape index (κ3) is 5.39. The number of carbonyl (C=O) groups excluding carboxylic acids is 1. The zero-order valence-electron chi connectivity index (χ0n) is 14.3. The molecule has 0 unspecified atom stereocenters. The van der Waals surface area contributed by atoms with E-state index in [4.69, 9.17) is 11.6 Å². The lowest BCUT2D eigenvalue weighted by molar-refractivity contribution is -0.121. The molecule has 2 aromatic carbocycles. The van der Waals surface area contributed by atoms with Gasteiger partial charge in [-0.15, -0.1) is 5.10 Å². The maximum absolute atomic E-state index is 12.4. The van der Waals surface area contributed by atoms with Crippen molar-refractivity contribution in [2.24, 2.45) is 0 Å². The molecule has 3 aromatic rings. The Hall–Kier alpha value is -2.73. The van der Waals surface area contributed by atoms with E-state index >= 15 is 0 Å². The monoisotopic (exact) mass is 369 g/mol. The van der Waals surface area contributed by atoms with Gasteiger partial charge in [0, 0.05) is 23.9 Å². The second-order valence-electron chi connectivity index (χ2n) is 6.07. The van der Waals surface area contributed by atoms with E-state index in [1.165, 1.54) is 5.56 Å². The largest absolute Gasteiger partial charge is 0.356 e. The molecular formula is C19H20ClN5O. The molecule has 0 aliphatic carbocycles. The van der Waals surface area contributed by atoms with E-state index in [2.05, 4.69) is 33.0 Å². The van der Waals surface area contributed by atoms with Crippen molar-refractivity contribution in [2.75, 3.05) is 6.54 Å². The third-order valence-corrected chi connectivity index (χ3v) is 4.40. The molecule has 0 saturated heterocycles. The normalized spacial score (nSPS) is 11.9. The summed E-state index contributed by atoms with van der Waals surface area (Å²) < 4.78 is 1.64. The second kappa shape index (κ2) is 9.10. The van der Waals surface area contributed by atoms with Crippen LogP contribution in [-0.4, -0.2) is 32.7 Å². The predicted molar refractivity (Wildman–Crippen MR) is 99.8 cm³/mol. The van der Waals surface area contributed by atoms with E-state index in [-0.39, 0.29) is 11.8 Å². The van der Waals surface area contributed by atoms with Crippen LogP contribution in [-0.2, 0) is 17.8 Å². The highest BCUT2D eigenvalue weighted by molar-refractivity contribution is 6.30. The van der Waals surface area contributed by atoms with Crippen LogP contribution in [0.3, 0.4) is 0 Å². The van der Waals surface area contributed by atoms with E-state index in [0.717, 1.165) is 12.0 Å². The van der Waals surface area contributed by atoms with Crippen molar-refractivity contribution >= 4 is 17.5 Å². The average molecular weight is 370 g/mol. The lowest BCUT2D eigenvalue weighted by Crippen LogP contribution is -2.28. The summed E-state index contributed by atoms with van der Waals surface area (Å²) in [6.07, 6.45) is 2.72. The number of hydrogen-bond acceptors (Lipinski definition) is 4. The molecule has 0 aliphatic rings. The number of carbonyl (C=O) groups is 1. The van der Waals surface area contributed by atoms with Crippen LogP contribution in [0.4, 0.5) is 0 Å². The fraction of sp³-hybridized carbons (Fsp3) is 0.263. The van der Waals surface area contributed by atoms with Gasteiger partial charge in [0.2, 0.25) is 5.91 Å². The fourth-order valence-electron chi connectivity index (χ4n) is 2.80. The van der Waals surface area contributed by atoms with Crippen LogP contribution < -0.4 is 5.32 Å². The maximum atomic E-state index is 12.4. The summed E-state index contributed by atoms with van der Waals surface area (Å²) in [5.41, 5.74) is 2.24. The topological polar surface area (TPSA) is 72.7 Å². The first-order valence-corrected chi connectivity index (χ1v) is 8.85. The molecule has 1 atom stereocenters. The summed E-state index contributed by atoms with van der Waals surface area (Å²) in [5.74, 6) is -0.0264. The average Bonchev–Trinajstić information content (AvgIpc) is 3.16. The zero-order valence-corrected chi connectivity index (χ0v) is 15.0. The molecule has 1 N–H and O–H groups in total. The molecule has 7 heteroatoms. The molecule has 26 heavy (non-hydrogen) atoms. The summed E-state index contributed by atoms with van der Waals surface area (Å²) in [6.45, 7) is 1.14. The highest BCUT2D eigenvalue weighted by atomic mass is 35.5. The van der Waals surface area contributed by atoms with Gasteiger partial charge >= 0.3 is 0 Å². The van der Waals surface area contributed by atoms with Crippen molar-refractivity contribution in [1.29, 1.82) is 0 Å². The van der Waals surface area contributed by atoms with E-state index in [0.29, 0.717) is 24.5 Å². The van der Waals surface area contributed by atoms with Crippen LogP contribution in [0.2, 0.25) is 5.02 Å². The zero-order chi connectivity index (χ0) is 18.2. The first-order chi connectivity index (χ1) is 12.7. The molecular weight excluding hydrogens is 350 g/mol. The number of halogens is 1. The lowest BCUT2D eigenvalue weighted by atomic mass is 9.95. The van der Waals surface area contributed by atoms with E-state index in [1.807, 2.05) is 42.5 Å². The Balaban J connectivity index is 1.59. The summed E-state index contributed by atoms with van der Waals surface area (Å²) in [5, 5.41) is 14.9. The summed E-state index contributed by atoms with van der Waals surface area (Å²) in [6, 6.07) is 17.6. The molecule has 0 spiro atoms. The molecule has 0 bridgehead atoms. The van der Waals surface area contributed by atoms with Gasteiger partial charge in [-0.2, -0.15) is 0 Å². The third-order valence-electron chi connectivity index (χ3n) is 4.15. The Morgan fingerprint density at radius 1 is 1.12 bits per heavy atom. The predicted octanol–water partition coefficient (Wildman–Crippen LogP) is 2.86. The lowest BCUT2D eigenvalue weighted by Gasteiger charge is -2.17. The molecule has 0 aliphatic heterocycles. The van der Waals surface area contributed by atoms with Gasteiger partial charge in [-0.3, -0.25) is 4.79 Å². The minimum absolute atomic E-state index is 0.00829. The first kappa shape index (κ1) is 18.1. The molecule has 0 fully saturated rings. The fourth-order valence-corrected chi connectivity index (χ4v) is 2.93. The van der Waals surface area contributed by atoms with Crippen molar-refractivity contribution < 1.29 is 4.79 Å². The number of nitrogens with one attached hydrogen (secondary N) is 1. The molecule has 134 valence electrons. The van der Waals surface area contributed by atoms with Crippen molar-refractivity contribution in [3.8, 4) is 0 Å². The van der Waals surface area contributed by atoms with Crippen molar-refractivity contribution in [2.45, 2.75) is 25.3 Å². The highest BCUT2D eigenvalue weighted by Gasteiger charge is 2.17. The van der Waals surface area contributed by atoms with Crippen LogP contribution in [0.25, 0.3) is 0 Å². The van der Waals surface area contributed by atoms with Crippen molar-refractivity contribution in [3.05, 3.63) is 77.1 Å². The first-order valence-electron chi connectivity index (χ1n) is 8.47. The van der Waals surface area contributed by atoms with Crippen LogP contribution in [0.5, 0.6) is 0 Å². The van der Waals surface area contributed by atoms with Crippen LogP contribution in [0.1, 0.15) is 23.5 Å². The molecule has 1 amide bonds. The number of hydrogen-bond donors (Lipinski definition) is 1. The van der Waals surface area contributed by atoms with Gasteiger partial charge in [-0.1, -0.05) is 54.1 Å². The van der Waals surface area contributed by atoms with E-state index < -0.39 is 0 Å². The number of tetrazole rings is 1. The van der Waals surface area contributed by atoms with Gasteiger partial charge in [0.1, 0.15) is 6.33 Å². The minimum Gasteiger partial charge on any atom is -0.356 e. The standard InChI is InChI=1S/C19H20ClN5O/c20-18-8-6-16(7-9-18)17(13-25-14-22-23-24-25)12-19(26)21-11-10-15-4-2-1-3-5-15/h1-9,14,17H,10-13H2,(H,21,26)/t17-/m1/s1. The Morgan fingerprint density at radius 2 is 1.88 bits per heavy atom. The summed E-state index contributed by atoms with van der Waals surface area (Å²) >= 11 is 5.97. The van der Waals surface area contributed by atoms with Gasteiger partial charge in [0.15, 0.2) is 0 Å². The number of amides is 1. The quantitative estimate of drug-likeness (QED) is 0.662. The molecule has 0 saturated carbocycles. The summed E-state index contributed by atoms with van der Waals surface area (Å²) in [7, 11) is 0. The molecule has 3 rings (SSSR count). The van der Waals surface area contributed by atoms with Gasteiger partial charge in [0.05, 0.1) is 6.54 Å². The number of nitrogens with zero attached hydrogens (tertiary/aromatic N) is 4.